The molecule has 0 aliphatic rings. The second-order valence-electron chi connectivity index (χ2n) is 6.64. The molecule has 9 heteroatoms. The average molecular weight is 415 g/mol. The third-order valence-corrected chi connectivity index (χ3v) is 5.52. The molecule has 152 valence electrons. The van der Waals surface area contributed by atoms with Gasteiger partial charge in [0.05, 0.1) is 23.2 Å². The van der Waals surface area contributed by atoms with Crippen molar-refractivity contribution in [1.82, 2.24) is 9.55 Å². The number of carbonyl (C=O) groups excluding carboxylic acids is 1. The number of rotatable bonds is 8. The van der Waals surface area contributed by atoms with E-state index in [-0.39, 0.29) is 11.2 Å². The molecular weight excluding hydrogens is 394 g/mol. The minimum Gasteiger partial charge on any atom is -0.464 e. The molecule has 0 aliphatic heterocycles. The topological polar surface area (TPSA) is 104 Å². The van der Waals surface area contributed by atoms with E-state index in [1.165, 1.54) is 34.4 Å². The van der Waals surface area contributed by atoms with Gasteiger partial charge in [0.2, 0.25) is 0 Å². The van der Waals surface area contributed by atoms with Gasteiger partial charge in [-0.05, 0) is 18.9 Å². The first kappa shape index (κ1) is 20.7. The Morgan fingerprint density at radius 1 is 1.38 bits per heavy atom. The monoisotopic (exact) mass is 415 g/mol. The quantitative estimate of drug-likeness (QED) is 0.235. The predicted molar refractivity (Wildman–Crippen MR) is 111 cm³/mol. The summed E-state index contributed by atoms with van der Waals surface area (Å²) in [6, 6.07) is 5.27. The molecule has 0 saturated heterocycles. The van der Waals surface area contributed by atoms with Gasteiger partial charge in [0.15, 0.2) is 0 Å². The van der Waals surface area contributed by atoms with Crippen LogP contribution >= 0.6 is 11.3 Å². The average Bonchev–Trinajstić information content (AvgIpc) is 3.16. The molecule has 0 saturated carbocycles. The molecule has 0 spiro atoms. The summed E-state index contributed by atoms with van der Waals surface area (Å²) in [6.07, 6.45) is 4.11. The van der Waals surface area contributed by atoms with E-state index in [4.69, 9.17) is 4.74 Å². The molecule has 0 aliphatic carbocycles. The number of hydrogen-bond donors (Lipinski definition) is 0. The number of benzene rings is 1. The summed E-state index contributed by atoms with van der Waals surface area (Å²) in [5, 5.41) is 13.2. The number of esters is 1. The fourth-order valence-electron chi connectivity index (χ4n) is 2.98. The van der Waals surface area contributed by atoms with Crippen molar-refractivity contribution < 1.29 is 14.5 Å². The third-order valence-electron chi connectivity index (χ3n) is 4.64. The first-order valence-corrected chi connectivity index (χ1v) is 10.2. The van der Waals surface area contributed by atoms with Crippen LogP contribution < -0.4 is 5.56 Å². The van der Waals surface area contributed by atoms with Gasteiger partial charge in [-0.25, -0.2) is 9.78 Å². The van der Waals surface area contributed by atoms with Gasteiger partial charge in [0.1, 0.15) is 10.9 Å². The Bertz CT molecular complexity index is 1100. The molecule has 0 fully saturated rings. The van der Waals surface area contributed by atoms with Crippen molar-refractivity contribution in [3.8, 4) is 11.1 Å². The fraction of sp³-hybridized carbons (Fsp3) is 0.350. The number of non-ortho nitro benzene ring substituents is 1. The van der Waals surface area contributed by atoms with Crippen molar-refractivity contribution >= 4 is 33.2 Å². The first-order valence-electron chi connectivity index (χ1n) is 9.33. The summed E-state index contributed by atoms with van der Waals surface area (Å²) >= 11 is 1.27. The Balaban J connectivity index is 1.96. The Hall–Kier alpha value is -3.07. The second-order valence-corrected chi connectivity index (χ2v) is 7.50. The number of ether oxygens (including phenoxy) is 1. The van der Waals surface area contributed by atoms with E-state index in [0.29, 0.717) is 28.0 Å². The predicted octanol–water partition coefficient (Wildman–Crippen LogP) is 4.33. The highest BCUT2D eigenvalue weighted by molar-refractivity contribution is 7.17. The summed E-state index contributed by atoms with van der Waals surface area (Å²) in [5.74, 6) is -0.489. The van der Waals surface area contributed by atoms with E-state index in [1.54, 1.807) is 24.4 Å². The number of nitro benzene ring substituents is 1. The van der Waals surface area contributed by atoms with Gasteiger partial charge in [0, 0.05) is 23.1 Å². The van der Waals surface area contributed by atoms with Gasteiger partial charge in [-0.1, -0.05) is 31.9 Å². The summed E-state index contributed by atoms with van der Waals surface area (Å²) in [4.78, 5) is 40.8. The highest BCUT2D eigenvalue weighted by Gasteiger charge is 2.21. The normalized spacial score (nSPS) is 12.1. The SMILES string of the molecule is CCCCCOC(=O)[C@@H](C)n1cnc2scc(-c3cccc([N+](=O)[O-])c3)c2c1=O. The van der Waals surface area contributed by atoms with E-state index in [9.17, 15) is 19.7 Å². The Kier molecular flexibility index (Phi) is 6.38. The maximum absolute atomic E-state index is 13.1. The van der Waals surface area contributed by atoms with E-state index in [2.05, 4.69) is 11.9 Å². The van der Waals surface area contributed by atoms with Gasteiger partial charge in [-0.3, -0.25) is 19.5 Å². The number of fused-ring (bicyclic) bond motifs is 1. The lowest BCUT2D eigenvalue weighted by atomic mass is 10.1. The molecule has 3 aromatic rings. The molecule has 0 unspecified atom stereocenters. The molecule has 1 atom stereocenters. The minimum atomic E-state index is -0.820. The van der Waals surface area contributed by atoms with E-state index in [0.717, 1.165) is 19.3 Å². The molecule has 1 aromatic carbocycles. The Morgan fingerprint density at radius 3 is 2.90 bits per heavy atom. The largest absolute Gasteiger partial charge is 0.464 e. The molecule has 3 rings (SSSR count). The van der Waals surface area contributed by atoms with Gasteiger partial charge in [-0.15, -0.1) is 11.3 Å². The molecule has 2 aromatic heterocycles. The van der Waals surface area contributed by atoms with Crippen molar-refractivity contribution in [2.75, 3.05) is 6.61 Å². The molecule has 2 heterocycles. The summed E-state index contributed by atoms with van der Waals surface area (Å²) < 4.78 is 6.52. The number of carbonyl (C=O) groups is 1. The molecule has 0 N–H and O–H groups in total. The van der Waals surface area contributed by atoms with Gasteiger partial charge >= 0.3 is 5.97 Å². The van der Waals surface area contributed by atoms with Crippen LogP contribution in [0, 0.1) is 10.1 Å². The van der Waals surface area contributed by atoms with Crippen molar-refractivity contribution in [2.24, 2.45) is 0 Å². The van der Waals surface area contributed by atoms with Crippen LogP contribution in [-0.4, -0.2) is 27.1 Å². The van der Waals surface area contributed by atoms with Crippen molar-refractivity contribution in [2.45, 2.75) is 39.2 Å². The van der Waals surface area contributed by atoms with Crippen LogP contribution in [0.25, 0.3) is 21.3 Å². The molecule has 0 radical (unpaired) electrons. The highest BCUT2D eigenvalue weighted by Crippen LogP contribution is 2.32. The van der Waals surface area contributed by atoms with Crippen molar-refractivity contribution in [1.29, 1.82) is 0 Å². The molecular formula is C20H21N3O5S. The zero-order valence-electron chi connectivity index (χ0n) is 16.2. The maximum Gasteiger partial charge on any atom is 0.328 e. The van der Waals surface area contributed by atoms with E-state index >= 15 is 0 Å². The first-order chi connectivity index (χ1) is 13.9. The number of hydrogen-bond acceptors (Lipinski definition) is 7. The molecule has 0 bridgehead atoms. The Labute approximate surface area is 170 Å². The van der Waals surface area contributed by atoms with E-state index in [1.807, 2.05) is 0 Å². The number of aromatic nitrogens is 2. The van der Waals surface area contributed by atoms with Crippen LogP contribution in [0.15, 0.2) is 40.8 Å². The van der Waals surface area contributed by atoms with Crippen LogP contribution in [-0.2, 0) is 9.53 Å². The maximum atomic E-state index is 13.1. The van der Waals surface area contributed by atoms with Crippen LogP contribution in [0.4, 0.5) is 5.69 Å². The summed E-state index contributed by atoms with van der Waals surface area (Å²) in [5.41, 5.74) is 0.673. The van der Waals surface area contributed by atoms with Crippen LogP contribution in [0.5, 0.6) is 0 Å². The third kappa shape index (κ3) is 4.34. The number of thiophene rings is 1. The highest BCUT2D eigenvalue weighted by atomic mass is 32.1. The lowest BCUT2D eigenvalue weighted by molar-refractivity contribution is -0.384. The lowest BCUT2D eigenvalue weighted by Crippen LogP contribution is -2.29. The lowest BCUT2D eigenvalue weighted by Gasteiger charge is -2.14. The van der Waals surface area contributed by atoms with Crippen molar-refractivity contribution in [3.05, 3.63) is 56.4 Å². The molecule has 0 amide bonds. The summed E-state index contributed by atoms with van der Waals surface area (Å²) in [6.45, 7) is 3.97. The van der Waals surface area contributed by atoms with Gasteiger partial charge in [0.25, 0.3) is 11.2 Å². The van der Waals surface area contributed by atoms with Crippen LogP contribution in [0.2, 0.25) is 0 Å². The van der Waals surface area contributed by atoms with Gasteiger partial charge < -0.3 is 4.74 Å². The number of nitro groups is 1. The van der Waals surface area contributed by atoms with Crippen LogP contribution in [0.3, 0.4) is 0 Å². The minimum absolute atomic E-state index is 0.0601. The molecule has 8 nitrogen and oxygen atoms in total. The second kappa shape index (κ2) is 8.95. The zero-order chi connectivity index (χ0) is 21.0. The molecule has 29 heavy (non-hydrogen) atoms. The summed E-state index contributed by atoms with van der Waals surface area (Å²) in [7, 11) is 0. The number of unbranched alkanes of at least 4 members (excludes halogenated alkanes) is 2. The van der Waals surface area contributed by atoms with Crippen LogP contribution in [0.1, 0.15) is 39.2 Å². The van der Waals surface area contributed by atoms with Gasteiger partial charge in [-0.2, -0.15) is 0 Å². The van der Waals surface area contributed by atoms with E-state index < -0.39 is 16.9 Å². The smallest absolute Gasteiger partial charge is 0.328 e. The van der Waals surface area contributed by atoms with Crippen molar-refractivity contribution in [3.63, 3.8) is 0 Å². The zero-order valence-corrected chi connectivity index (χ0v) is 17.0. The standard InChI is InChI=1S/C20H21N3O5S/c1-3-4-5-9-28-20(25)13(2)22-12-21-18-17(19(22)24)16(11-29-18)14-7-6-8-15(10-14)23(26)27/h6-8,10-13H,3-5,9H2,1-2H3/t13-/m1/s1. The fourth-order valence-corrected chi connectivity index (χ4v) is 3.89. The number of nitrogens with zero attached hydrogens (tertiary/aromatic N) is 3. The Morgan fingerprint density at radius 2 is 2.17 bits per heavy atom.